The molecule has 1 fully saturated rings. The molecule has 3 aromatic carbocycles. The second-order valence-electron chi connectivity index (χ2n) is 8.72. The third-order valence-corrected chi connectivity index (χ3v) is 7.42. The summed E-state index contributed by atoms with van der Waals surface area (Å²) in [4.78, 5) is 40.0. The number of hydrogen-bond acceptors (Lipinski definition) is 3. The van der Waals surface area contributed by atoms with E-state index in [9.17, 15) is 19.5 Å². The summed E-state index contributed by atoms with van der Waals surface area (Å²) in [5, 5.41) is 9.18. The van der Waals surface area contributed by atoms with Crippen molar-refractivity contribution in [3.8, 4) is 0 Å². The van der Waals surface area contributed by atoms with Crippen molar-refractivity contribution in [2.45, 2.75) is 18.3 Å². The number of carbonyl (C=O) groups is 3. The van der Waals surface area contributed by atoms with Crippen LogP contribution in [0.25, 0.3) is 0 Å². The van der Waals surface area contributed by atoms with Crippen LogP contribution in [0.2, 0.25) is 0 Å². The van der Waals surface area contributed by atoms with Gasteiger partial charge in [-0.15, -0.1) is 0 Å². The van der Waals surface area contributed by atoms with Crippen LogP contribution in [0, 0.1) is 11.8 Å². The topological polar surface area (TPSA) is 74.7 Å². The third-order valence-electron chi connectivity index (χ3n) is 7.42. The number of amides is 2. The molecule has 2 unspecified atom stereocenters. The molecule has 0 spiro atoms. The Morgan fingerprint density at radius 1 is 0.839 bits per heavy atom. The molecule has 0 aromatic heterocycles. The first-order valence-corrected chi connectivity index (χ1v) is 10.3. The lowest BCUT2D eigenvalue weighted by Crippen LogP contribution is -2.51. The minimum absolute atomic E-state index is 0.118. The zero-order chi connectivity index (χ0) is 21.5. The Labute approximate surface area is 178 Å². The van der Waals surface area contributed by atoms with Crippen LogP contribution in [0.5, 0.6) is 0 Å². The maximum Gasteiger partial charge on any atom is 0.335 e. The highest BCUT2D eigenvalue weighted by atomic mass is 16.4. The number of nitrogens with zero attached hydrogens (tertiary/aromatic N) is 1. The summed E-state index contributed by atoms with van der Waals surface area (Å²) in [6.45, 7) is 2.08. The van der Waals surface area contributed by atoms with Crippen molar-refractivity contribution in [3.05, 3.63) is 101 Å². The molecule has 1 saturated heterocycles. The number of carbonyl (C=O) groups excluding carboxylic acids is 2. The Morgan fingerprint density at radius 3 is 1.94 bits per heavy atom. The molecule has 1 heterocycles. The molecule has 2 bridgehead atoms. The molecule has 7 rings (SSSR count). The average Bonchev–Trinajstić information content (AvgIpc) is 3.06. The molecule has 5 heteroatoms. The highest BCUT2D eigenvalue weighted by Crippen LogP contribution is 2.64. The number of rotatable bonds is 2. The summed E-state index contributed by atoms with van der Waals surface area (Å²) in [6.07, 6.45) is 0. The average molecular weight is 409 g/mol. The Hall–Kier alpha value is -3.73. The number of benzene rings is 3. The van der Waals surface area contributed by atoms with Gasteiger partial charge in [0.05, 0.1) is 23.1 Å². The first-order chi connectivity index (χ1) is 14.9. The van der Waals surface area contributed by atoms with Gasteiger partial charge in [0.15, 0.2) is 0 Å². The van der Waals surface area contributed by atoms with E-state index in [2.05, 4.69) is 31.2 Å². The van der Waals surface area contributed by atoms with E-state index in [-0.39, 0.29) is 23.3 Å². The first-order valence-electron chi connectivity index (χ1n) is 10.3. The lowest BCUT2D eigenvalue weighted by atomic mass is 9.48. The fourth-order valence-electron chi connectivity index (χ4n) is 6.16. The van der Waals surface area contributed by atoms with E-state index in [1.54, 1.807) is 12.1 Å². The van der Waals surface area contributed by atoms with E-state index >= 15 is 0 Å². The number of carboxylic acid groups (broad SMARTS) is 1. The van der Waals surface area contributed by atoms with Gasteiger partial charge < -0.3 is 5.11 Å². The smallest absolute Gasteiger partial charge is 0.335 e. The zero-order valence-corrected chi connectivity index (χ0v) is 16.8. The van der Waals surface area contributed by atoms with Crippen LogP contribution in [0.15, 0.2) is 72.8 Å². The van der Waals surface area contributed by atoms with Gasteiger partial charge in [0.2, 0.25) is 11.8 Å². The fraction of sp³-hybridized carbons (Fsp3) is 0.192. The second kappa shape index (κ2) is 5.91. The SMILES string of the molecule is CC12c3ccccc3C(c3ccccc31)C1C(=O)N(c3ccc(C(=O)O)cc3)C(=O)C12. The molecule has 152 valence electrons. The molecule has 4 aliphatic rings. The predicted molar refractivity (Wildman–Crippen MR) is 114 cm³/mol. The van der Waals surface area contributed by atoms with Crippen molar-refractivity contribution < 1.29 is 19.5 Å². The molecule has 0 saturated carbocycles. The van der Waals surface area contributed by atoms with E-state index in [1.807, 2.05) is 24.3 Å². The van der Waals surface area contributed by atoms with Gasteiger partial charge in [-0.05, 0) is 46.5 Å². The van der Waals surface area contributed by atoms with Gasteiger partial charge >= 0.3 is 5.97 Å². The van der Waals surface area contributed by atoms with Gasteiger partial charge in [-0.2, -0.15) is 0 Å². The van der Waals surface area contributed by atoms with Crippen LogP contribution in [-0.4, -0.2) is 22.9 Å². The summed E-state index contributed by atoms with van der Waals surface area (Å²) in [7, 11) is 0. The van der Waals surface area contributed by atoms with Gasteiger partial charge in [0.1, 0.15) is 0 Å². The van der Waals surface area contributed by atoms with Crippen molar-refractivity contribution in [2.75, 3.05) is 4.90 Å². The molecule has 2 atom stereocenters. The Morgan fingerprint density at radius 2 is 1.39 bits per heavy atom. The zero-order valence-electron chi connectivity index (χ0n) is 16.8. The molecule has 5 nitrogen and oxygen atoms in total. The van der Waals surface area contributed by atoms with E-state index in [4.69, 9.17) is 0 Å². The van der Waals surface area contributed by atoms with Gasteiger partial charge in [-0.25, -0.2) is 9.69 Å². The van der Waals surface area contributed by atoms with Crippen molar-refractivity contribution in [3.63, 3.8) is 0 Å². The molecule has 31 heavy (non-hydrogen) atoms. The molecule has 1 N–H and O–H groups in total. The summed E-state index contributed by atoms with van der Waals surface area (Å²) in [6, 6.07) is 22.2. The molecule has 2 amide bonds. The lowest BCUT2D eigenvalue weighted by Gasteiger charge is -2.52. The highest BCUT2D eigenvalue weighted by molar-refractivity contribution is 6.23. The molecular formula is C26H19NO4. The van der Waals surface area contributed by atoms with Gasteiger partial charge in [0, 0.05) is 11.3 Å². The van der Waals surface area contributed by atoms with E-state index in [0.29, 0.717) is 5.69 Å². The molecule has 3 aliphatic carbocycles. The highest BCUT2D eigenvalue weighted by Gasteiger charge is 2.66. The van der Waals surface area contributed by atoms with Crippen LogP contribution in [-0.2, 0) is 15.0 Å². The number of anilines is 1. The van der Waals surface area contributed by atoms with Crippen LogP contribution in [0.4, 0.5) is 5.69 Å². The maximum absolute atomic E-state index is 13.8. The quantitative estimate of drug-likeness (QED) is 0.651. The molecule has 1 aliphatic heterocycles. The maximum atomic E-state index is 13.8. The third kappa shape index (κ3) is 2.08. The lowest BCUT2D eigenvalue weighted by molar-refractivity contribution is -0.123. The fourth-order valence-corrected chi connectivity index (χ4v) is 6.16. The summed E-state index contributed by atoms with van der Waals surface area (Å²) in [5.41, 5.74) is 4.41. The predicted octanol–water partition coefficient (Wildman–Crippen LogP) is 3.96. The van der Waals surface area contributed by atoms with Crippen molar-refractivity contribution in [1.29, 1.82) is 0 Å². The molecule has 0 radical (unpaired) electrons. The summed E-state index contributed by atoms with van der Waals surface area (Å²) < 4.78 is 0. The second-order valence-corrected chi connectivity index (χ2v) is 8.72. The number of hydrogen-bond donors (Lipinski definition) is 1. The summed E-state index contributed by atoms with van der Waals surface area (Å²) in [5.74, 6) is -2.60. The monoisotopic (exact) mass is 409 g/mol. The van der Waals surface area contributed by atoms with E-state index in [1.165, 1.54) is 17.0 Å². The van der Waals surface area contributed by atoms with Crippen LogP contribution < -0.4 is 4.90 Å². The number of imide groups is 1. The Kier molecular flexibility index (Phi) is 3.45. The number of carboxylic acids is 1. The van der Waals surface area contributed by atoms with Crippen molar-refractivity contribution >= 4 is 23.5 Å². The summed E-state index contributed by atoms with van der Waals surface area (Å²) >= 11 is 0. The Bertz CT molecular complexity index is 1250. The standard InChI is InChI=1S/C26H19NO4/c1-26-18-8-4-2-6-16(18)20(17-7-3-5-9-19(17)26)21-22(26)24(29)27(23(21)28)15-12-10-14(11-13-15)25(30)31/h2-13,20-22H,1H3,(H,30,31). The minimum Gasteiger partial charge on any atom is -0.478 e. The van der Waals surface area contributed by atoms with E-state index in [0.717, 1.165) is 22.3 Å². The first kappa shape index (κ1) is 18.1. The number of aromatic carboxylic acids is 1. The largest absolute Gasteiger partial charge is 0.478 e. The van der Waals surface area contributed by atoms with Crippen LogP contribution >= 0.6 is 0 Å². The van der Waals surface area contributed by atoms with Gasteiger partial charge in [0.25, 0.3) is 0 Å². The van der Waals surface area contributed by atoms with Crippen molar-refractivity contribution in [2.24, 2.45) is 11.8 Å². The normalized spacial score (nSPS) is 27.6. The minimum atomic E-state index is -1.05. The van der Waals surface area contributed by atoms with Gasteiger partial charge in [-0.3, -0.25) is 9.59 Å². The van der Waals surface area contributed by atoms with Crippen LogP contribution in [0.3, 0.4) is 0 Å². The Balaban J connectivity index is 1.55. The van der Waals surface area contributed by atoms with Gasteiger partial charge in [-0.1, -0.05) is 55.5 Å². The molecule has 3 aromatic rings. The van der Waals surface area contributed by atoms with Crippen LogP contribution in [0.1, 0.15) is 45.5 Å². The molecular weight excluding hydrogens is 390 g/mol. The van der Waals surface area contributed by atoms with Crippen molar-refractivity contribution in [1.82, 2.24) is 0 Å². The van der Waals surface area contributed by atoms with E-state index < -0.39 is 23.2 Å².